The average Bonchev–Trinajstić information content (AvgIpc) is 2.50. The Bertz CT molecular complexity index is 540. The molecular formula is C20H36O6. The molecule has 6 N–H and O–H groups in total. The maximum absolute atomic E-state index is 11.1. The number of hydrogen-bond acceptors (Lipinski definition) is 6. The minimum absolute atomic E-state index is 0.205. The predicted molar refractivity (Wildman–Crippen MR) is 98.2 cm³/mol. The zero-order valence-electron chi connectivity index (χ0n) is 16.6. The minimum atomic E-state index is -1.66. The second-order valence-electron chi connectivity index (χ2n) is 9.75. The summed E-state index contributed by atoms with van der Waals surface area (Å²) in [6.07, 6.45) is 1.97. The molecule has 0 amide bonds. The Balaban J connectivity index is 2.51. The van der Waals surface area contributed by atoms with E-state index in [1.807, 2.05) is 6.92 Å². The largest absolute Gasteiger partial charge is 0.394 e. The normalized spacial score (nSPS) is 46.6. The summed E-state index contributed by atoms with van der Waals surface area (Å²) in [4.78, 5) is 0. The van der Waals surface area contributed by atoms with Gasteiger partial charge in [-0.15, -0.1) is 0 Å². The lowest BCUT2D eigenvalue weighted by molar-refractivity contribution is -0.255. The summed E-state index contributed by atoms with van der Waals surface area (Å²) in [7, 11) is 0. The number of fused-ring (bicyclic) bond motifs is 1. The average molecular weight is 373 g/mol. The van der Waals surface area contributed by atoms with Crippen LogP contribution in [0.4, 0.5) is 0 Å². The van der Waals surface area contributed by atoms with E-state index in [4.69, 9.17) is 5.11 Å². The highest BCUT2D eigenvalue weighted by Crippen LogP contribution is 2.62. The molecule has 0 aromatic rings. The fourth-order valence-corrected chi connectivity index (χ4v) is 5.71. The Hall–Kier alpha value is -0.500. The van der Waals surface area contributed by atoms with Crippen molar-refractivity contribution in [3.8, 4) is 0 Å². The van der Waals surface area contributed by atoms with Crippen LogP contribution in [0.5, 0.6) is 0 Å². The van der Waals surface area contributed by atoms with Gasteiger partial charge in [-0.3, -0.25) is 0 Å². The smallest absolute Gasteiger partial charge is 0.109 e. The van der Waals surface area contributed by atoms with Crippen LogP contribution in [0.1, 0.15) is 53.9 Å². The topological polar surface area (TPSA) is 121 Å². The van der Waals surface area contributed by atoms with E-state index in [9.17, 15) is 25.5 Å². The molecule has 152 valence electrons. The number of rotatable bonds is 4. The van der Waals surface area contributed by atoms with Crippen molar-refractivity contribution in [2.75, 3.05) is 6.61 Å². The Morgan fingerprint density at radius 1 is 1.15 bits per heavy atom. The van der Waals surface area contributed by atoms with Gasteiger partial charge in [-0.05, 0) is 43.4 Å². The van der Waals surface area contributed by atoms with E-state index in [0.717, 1.165) is 19.3 Å². The molecule has 0 aromatic heterocycles. The second-order valence-corrected chi connectivity index (χ2v) is 9.75. The van der Waals surface area contributed by atoms with Crippen molar-refractivity contribution >= 4 is 0 Å². The highest BCUT2D eigenvalue weighted by Gasteiger charge is 2.64. The minimum Gasteiger partial charge on any atom is -0.394 e. The first-order valence-electron chi connectivity index (χ1n) is 9.51. The van der Waals surface area contributed by atoms with Crippen molar-refractivity contribution in [1.82, 2.24) is 0 Å². The lowest BCUT2D eigenvalue weighted by Crippen LogP contribution is -2.69. The number of aliphatic hydroxyl groups excluding tert-OH is 4. The zero-order chi connectivity index (χ0) is 20.1. The van der Waals surface area contributed by atoms with Crippen LogP contribution in [-0.2, 0) is 0 Å². The fourth-order valence-electron chi connectivity index (χ4n) is 5.71. The van der Waals surface area contributed by atoms with E-state index in [-0.39, 0.29) is 11.3 Å². The SMILES string of the molecule is CC(O)(C=CC1C(C)(O)C(O)C(O)C2C(C)(C)CCCC21C)C(O)CO. The first-order valence-corrected chi connectivity index (χ1v) is 9.51. The van der Waals surface area contributed by atoms with E-state index in [2.05, 4.69) is 13.8 Å². The Morgan fingerprint density at radius 3 is 2.27 bits per heavy atom. The summed E-state index contributed by atoms with van der Waals surface area (Å²) >= 11 is 0. The van der Waals surface area contributed by atoms with Gasteiger partial charge in [0.2, 0.25) is 0 Å². The molecule has 0 aromatic carbocycles. The van der Waals surface area contributed by atoms with Crippen LogP contribution in [-0.4, -0.2) is 66.8 Å². The van der Waals surface area contributed by atoms with Gasteiger partial charge >= 0.3 is 0 Å². The Morgan fingerprint density at radius 2 is 1.73 bits per heavy atom. The summed E-state index contributed by atoms with van der Waals surface area (Å²) < 4.78 is 0. The lowest BCUT2D eigenvalue weighted by Gasteiger charge is -2.63. The van der Waals surface area contributed by atoms with Crippen LogP contribution in [0.15, 0.2) is 12.2 Å². The molecule has 0 heterocycles. The van der Waals surface area contributed by atoms with Gasteiger partial charge in [0.25, 0.3) is 0 Å². The lowest BCUT2D eigenvalue weighted by atomic mass is 9.44. The van der Waals surface area contributed by atoms with E-state index in [1.165, 1.54) is 19.9 Å². The molecular weight excluding hydrogens is 336 g/mol. The molecule has 2 rings (SSSR count). The van der Waals surface area contributed by atoms with Crippen molar-refractivity contribution in [1.29, 1.82) is 0 Å². The molecule has 2 aliphatic rings. The van der Waals surface area contributed by atoms with Crippen LogP contribution in [0.2, 0.25) is 0 Å². The third-order valence-corrected chi connectivity index (χ3v) is 7.17. The first kappa shape index (κ1) is 21.8. The van der Waals surface area contributed by atoms with Gasteiger partial charge in [-0.2, -0.15) is 0 Å². The summed E-state index contributed by atoms with van der Waals surface area (Å²) in [5.74, 6) is -0.753. The first-order chi connectivity index (χ1) is 11.7. The summed E-state index contributed by atoms with van der Waals surface area (Å²) in [5.41, 5.74) is -3.94. The van der Waals surface area contributed by atoms with E-state index in [1.54, 1.807) is 6.08 Å². The van der Waals surface area contributed by atoms with E-state index < -0.39 is 47.5 Å². The van der Waals surface area contributed by atoms with Crippen molar-refractivity contribution in [2.45, 2.75) is 83.4 Å². The summed E-state index contributed by atoms with van der Waals surface area (Å²) in [5, 5.41) is 61.9. The molecule has 8 unspecified atom stereocenters. The van der Waals surface area contributed by atoms with Gasteiger partial charge in [0.05, 0.1) is 18.3 Å². The van der Waals surface area contributed by atoms with Crippen LogP contribution in [0.3, 0.4) is 0 Å². The molecule has 6 nitrogen and oxygen atoms in total. The highest BCUT2D eigenvalue weighted by atomic mass is 16.4. The molecule has 2 fully saturated rings. The monoisotopic (exact) mass is 372 g/mol. The van der Waals surface area contributed by atoms with Gasteiger partial charge < -0.3 is 30.6 Å². The predicted octanol–water partition coefficient (Wildman–Crippen LogP) is 0.582. The van der Waals surface area contributed by atoms with Gasteiger partial charge in [-0.25, -0.2) is 0 Å². The fraction of sp³-hybridized carbons (Fsp3) is 0.900. The summed E-state index contributed by atoms with van der Waals surface area (Å²) in [6.45, 7) is 8.49. The number of aliphatic hydroxyl groups is 6. The molecule has 2 aliphatic carbocycles. The zero-order valence-corrected chi connectivity index (χ0v) is 16.6. The third-order valence-electron chi connectivity index (χ3n) is 7.17. The molecule has 2 saturated carbocycles. The van der Waals surface area contributed by atoms with E-state index >= 15 is 0 Å². The molecule has 6 heteroatoms. The van der Waals surface area contributed by atoms with Crippen LogP contribution < -0.4 is 0 Å². The molecule has 8 atom stereocenters. The maximum atomic E-state index is 11.1. The number of hydrogen-bond donors (Lipinski definition) is 6. The molecule has 0 bridgehead atoms. The molecule has 0 saturated heterocycles. The standard InChI is InChI=1S/C20H36O6/c1-17(2)8-6-9-18(3)12(7-10-19(4,25)13(22)11-21)20(5,26)16(24)14(23)15(17)18/h7,10,12-16,21-26H,6,8-9,11H2,1-5H3. The van der Waals surface area contributed by atoms with Gasteiger partial charge in [0, 0.05) is 5.92 Å². The van der Waals surface area contributed by atoms with Crippen LogP contribution in [0.25, 0.3) is 0 Å². The third kappa shape index (κ3) is 3.36. The summed E-state index contributed by atoms with van der Waals surface area (Å²) in [6, 6.07) is 0. The molecule has 0 aliphatic heterocycles. The second kappa shape index (κ2) is 6.83. The Kier molecular flexibility index (Phi) is 5.73. The van der Waals surface area contributed by atoms with Gasteiger partial charge in [0.15, 0.2) is 0 Å². The van der Waals surface area contributed by atoms with Crippen molar-refractivity contribution < 1.29 is 30.6 Å². The maximum Gasteiger partial charge on any atom is 0.109 e. The van der Waals surface area contributed by atoms with Crippen LogP contribution >= 0.6 is 0 Å². The van der Waals surface area contributed by atoms with Crippen molar-refractivity contribution in [2.24, 2.45) is 22.7 Å². The van der Waals surface area contributed by atoms with Gasteiger partial charge in [0.1, 0.15) is 17.8 Å². The van der Waals surface area contributed by atoms with Crippen molar-refractivity contribution in [3.63, 3.8) is 0 Å². The molecule has 26 heavy (non-hydrogen) atoms. The Labute approximate surface area is 156 Å². The van der Waals surface area contributed by atoms with Gasteiger partial charge in [-0.1, -0.05) is 39.3 Å². The quantitative estimate of drug-likeness (QED) is 0.402. The highest BCUT2D eigenvalue weighted by molar-refractivity contribution is 5.20. The molecule has 0 spiro atoms. The van der Waals surface area contributed by atoms with Crippen molar-refractivity contribution in [3.05, 3.63) is 12.2 Å². The van der Waals surface area contributed by atoms with Crippen LogP contribution in [0, 0.1) is 22.7 Å². The molecule has 0 radical (unpaired) electrons. The van der Waals surface area contributed by atoms with E-state index in [0.29, 0.717) is 0 Å².